The first kappa shape index (κ1) is 24.9. The zero-order valence-corrected chi connectivity index (χ0v) is 19.0. The van der Waals surface area contributed by atoms with Crippen LogP contribution in [-0.2, 0) is 16.0 Å². The fourth-order valence-corrected chi connectivity index (χ4v) is 3.42. The van der Waals surface area contributed by atoms with Crippen LogP contribution in [0.5, 0.6) is 0 Å². The lowest BCUT2D eigenvalue weighted by Crippen LogP contribution is -2.35. The fraction of sp³-hybridized carbons (Fsp3) is 0.381. The van der Waals surface area contributed by atoms with Crippen LogP contribution in [0.2, 0.25) is 5.02 Å². The molecule has 0 aliphatic rings. The van der Waals surface area contributed by atoms with Crippen LogP contribution in [0, 0.1) is 26.1 Å². The number of anilines is 2. The minimum Gasteiger partial charge on any atom is -0.467 e. The van der Waals surface area contributed by atoms with Gasteiger partial charge in [0.1, 0.15) is 17.4 Å². The van der Waals surface area contributed by atoms with E-state index in [1.165, 1.54) is 13.2 Å². The molecule has 0 aliphatic heterocycles. The smallest absolute Gasteiger partial charge is 0.328 e. The molecular formula is C21H25ClN4O6. The van der Waals surface area contributed by atoms with Crippen molar-refractivity contribution in [3.63, 3.8) is 0 Å². The van der Waals surface area contributed by atoms with Crippen molar-refractivity contribution >= 4 is 40.3 Å². The van der Waals surface area contributed by atoms with Crippen LogP contribution in [0.15, 0.2) is 36.4 Å². The van der Waals surface area contributed by atoms with Gasteiger partial charge in [0.2, 0.25) is 0 Å². The first-order chi connectivity index (χ1) is 15.1. The zero-order valence-electron chi connectivity index (χ0n) is 18.2. The number of ether oxygens (including phenoxy) is 1. The third-order valence-electron chi connectivity index (χ3n) is 5.00. The molecule has 172 valence electrons. The van der Waals surface area contributed by atoms with Gasteiger partial charge >= 0.3 is 5.97 Å². The second-order valence-corrected chi connectivity index (χ2v) is 7.93. The first-order valence-electron chi connectivity index (χ1n) is 9.82. The second kappa shape index (κ2) is 10.8. The van der Waals surface area contributed by atoms with Gasteiger partial charge in [-0.25, -0.2) is 4.79 Å². The van der Waals surface area contributed by atoms with E-state index in [0.29, 0.717) is 18.0 Å². The molecule has 32 heavy (non-hydrogen) atoms. The van der Waals surface area contributed by atoms with E-state index < -0.39 is 33.2 Å². The van der Waals surface area contributed by atoms with Crippen LogP contribution in [0.3, 0.4) is 0 Å². The van der Waals surface area contributed by atoms with Crippen molar-refractivity contribution in [1.82, 2.24) is 0 Å². The number of rotatable bonds is 10. The average Bonchev–Trinajstić information content (AvgIpc) is 2.75. The monoisotopic (exact) mass is 464 g/mol. The van der Waals surface area contributed by atoms with Gasteiger partial charge < -0.3 is 15.0 Å². The Balaban J connectivity index is 2.47. The van der Waals surface area contributed by atoms with Crippen LogP contribution >= 0.6 is 11.6 Å². The second-order valence-electron chi connectivity index (χ2n) is 7.52. The highest BCUT2D eigenvalue weighted by atomic mass is 35.5. The molecule has 1 N–H and O–H groups in total. The number of carbonyl (C=O) groups excluding carboxylic acids is 1. The SMILES string of the molecule is COC(=O)C(Nc1cc(N(C)CCc2ccccc2Cl)c([N+](=O)[O-])cc1[N+](=O)[O-])C(C)C. The lowest BCUT2D eigenvalue weighted by Gasteiger charge is -2.23. The van der Waals surface area contributed by atoms with Crippen LogP contribution in [-0.4, -0.2) is 42.6 Å². The fourth-order valence-electron chi connectivity index (χ4n) is 3.19. The molecule has 0 radical (unpaired) electrons. The van der Waals surface area contributed by atoms with Crippen molar-refractivity contribution < 1.29 is 19.4 Å². The van der Waals surface area contributed by atoms with Crippen LogP contribution in [0.25, 0.3) is 0 Å². The Hall–Kier alpha value is -3.40. The molecule has 0 aliphatic carbocycles. The highest BCUT2D eigenvalue weighted by molar-refractivity contribution is 6.31. The normalized spacial score (nSPS) is 11.7. The molecule has 0 aromatic heterocycles. The number of esters is 1. The Bertz CT molecular complexity index is 1010. The number of carbonyl (C=O) groups is 1. The molecule has 0 spiro atoms. The Morgan fingerprint density at radius 1 is 1.16 bits per heavy atom. The van der Waals surface area contributed by atoms with Gasteiger partial charge in [-0.2, -0.15) is 0 Å². The summed E-state index contributed by atoms with van der Waals surface area (Å²) in [4.78, 5) is 35.7. The molecule has 10 nitrogen and oxygen atoms in total. The molecular weight excluding hydrogens is 440 g/mol. The minimum absolute atomic E-state index is 0.00991. The van der Waals surface area contributed by atoms with Crippen molar-refractivity contribution in [2.75, 3.05) is 30.9 Å². The van der Waals surface area contributed by atoms with E-state index in [-0.39, 0.29) is 17.3 Å². The Labute approximate surface area is 190 Å². The van der Waals surface area contributed by atoms with Gasteiger partial charge in [-0.1, -0.05) is 43.6 Å². The summed E-state index contributed by atoms with van der Waals surface area (Å²) in [7, 11) is 2.87. The lowest BCUT2D eigenvalue weighted by atomic mass is 10.0. The van der Waals surface area contributed by atoms with Crippen molar-refractivity contribution in [2.24, 2.45) is 5.92 Å². The summed E-state index contributed by atoms with van der Waals surface area (Å²) in [5.41, 5.74) is 0.110. The van der Waals surface area contributed by atoms with Crippen molar-refractivity contribution in [1.29, 1.82) is 0 Å². The molecule has 0 amide bonds. The number of nitrogens with zero attached hydrogens (tertiary/aromatic N) is 3. The van der Waals surface area contributed by atoms with Crippen LogP contribution in [0.4, 0.5) is 22.7 Å². The van der Waals surface area contributed by atoms with E-state index in [2.05, 4.69) is 5.32 Å². The van der Waals surface area contributed by atoms with E-state index in [0.717, 1.165) is 11.6 Å². The summed E-state index contributed by atoms with van der Waals surface area (Å²) in [6.07, 6.45) is 0.504. The number of methoxy groups -OCH3 is 1. The molecule has 2 aromatic rings. The zero-order chi connectivity index (χ0) is 24.0. The summed E-state index contributed by atoms with van der Waals surface area (Å²) in [5.74, 6) is -0.847. The van der Waals surface area contributed by atoms with Gasteiger partial charge in [-0.15, -0.1) is 0 Å². The van der Waals surface area contributed by atoms with Gasteiger partial charge in [-0.05, 0) is 30.0 Å². The minimum atomic E-state index is -0.874. The average molecular weight is 465 g/mol. The van der Waals surface area contributed by atoms with Crippen LogP contribution < -0.4 is 10.2 Å². The van der Waals surface area contributed by atoms with Gasteiger partial charge in [0, 0.05) is 18.6 Å². The number of likely N-dealkylation sites (N-methyl/N-ethyl adjacent to an activating group) is 1. The third kappa shape index (κ3) is 5.85. The maximum atomic E-state index is 12.1. The highest BCUT2D eigenvalue weighted by Crippen LogP contribution is 2.38. The number of nitrogens with one attached hydrogen (secondary N) is 1. The number of nitro benzene ring substituents is 2. The Morgan fingerprint density at radius 2 is 1.78 bits per heavy atom. The first-order valence-corrected chi connectivity index (χ1v) is 10.2. The van der Waals surface area contributed by atoms with Crippen molar-refractivity contribution in [2.45, 2.75) is 26.3 Å². The summed E-state index contributed by atoms with van der Waals surface area (Å²) in [5, 5.41) is 26.7. The predicted molar refractivity (Wildman–Crippen MR) is 122 cm³/mol. The van der Waals surface area contributed by atoms with Gasteiger partial charge in [-0.3, -0.25) is 20.2 Å². The van der Waals surface area contributed by atoms with E-state index in [9.17, 15) is 25.0 Å². The third-order valence-corrected chi connectivity index (χ3v) is 5.37. The van der Waals surface area contributed by atoms with E-state index >= 15 is 0 Å². The molecule has 1 atom stereocenters. The molecule has 0 bridgehead atoms. The maximum absolute atomic E-state index is 12.1. The number of benzene rings is 2. The largest absolute Gasteiger partial charge is 0.467 e. The molecule has 11 heteroatoms. The molecule has 2 aromatic carbocycles. The summed E-state index contributed by atoms with van der Waals surface area (Å²) in [6, 6.07) is 8.61. The Morgan fingerprint density at radius 3 is 2.31 bits per heavy atom. The predicted octanol–water partition coefficient (Wildman–Crippen LogP) is 4.44. The summed E-state index contributed by atoms with van der Waals surface area (Å²) >= 11 is 6.19. The molecule has 0 saturated carbocycles. The van der Waals surface area contributed by atoms with Crippen molar-refractivity contribution in [3.05, 3.63) is 67.2 Å². The lowest BCUT2D eigenvalue weighted by molar-refractivity contribution is -0.393. The molecule has 0 saturated heterocycles. The van der Waals surface area contributed by atoms with E-state index in [1.54, 1.807) is 37.9 Å². The molecule has 0 fully saturated rings. The number of hydrogen-bond donors (Lipinski definition) is 1. The highest BCUT2D eigenvalue weighted by Gasteiger charge is 2.30. The van der Waals surface area contributed by atoms with Gasteiger partial charge in [0.25, 0.3) is 11.4 Å². The standard InChI is InChI=1S/C21H25ClN4O6/c1-13(2)20(21(27)32-4)23-16-11-18(19(26(30)31)12-17(16)25(28)29)24(3)10-9-14-7-5-6-8-15(14)22/h5-8,11-13,20,23H,9-10H2,1-4H3. The van der Waals surface area contributed by atoms with E-state index in [4.69, 9.17) is 16.3 Å². The molecule has 1 unspecified atom stereocenters. The summed E-state index contributed by atoms with van der Waals surface area (Å²) in [6.45, 7) is 3.87. The van der Waals surface area contributed by atoms with E-state index in [1.807, 2.05) is 12.1 Å². The number of halogens is 1. The number of hydrogen-bond acceptors (Lipinski definition) is 8. The Kier molecular flexibility index (Phi) is 8.36. The topological polar surface area (TPSA) is 128 Å². The number of nitro groups is 2. The van der Waals surface area contributed by atoms with Crippen LogP contribution in [0.1, 0.15) is 19.4 Å². The quantitative estimate of drug-likeness (QED) is 0.310. The summed E-state index contributed by atoms with van der Waals surface area (Å²) < 4.78 is 4.78. The molecule has 2 rings (SSSR count). The maximum Gasteiger partial charge on any atom is 0.328 e. The van der Waals surface area contributed by atoms with Gasteiger partial charge in [0.05, 0.1) is 23.0 Å². The van der Waals surface area contributed by atoms with Gasteiger partial charge in [0.15, 0.2) is 0 Å². The van der Waals surface area contributed by atoms with Crippen molar-refractivity contribution in [3.8, 4) is 0 Å². The molecule has 0 heterocycles.